The molecule has 1 aromatic heterocycles. The third-order valence-electron chi connectivity index (χ3n) is 5.46. The Labute approximate surface area is 149 Å². The number of aryl methyl sites for hydroxylation is 1. The Hall–Kier alpha value is -1.95. The van der Waals surface area contributed by atoms with E-state index in [1.165, 1.54) is 0 Å². The Morgan fingerprint density at radius 1 is 1.36 bits per heavy atom. The van der Waals surface area contributed by atoms with Crippen LogP contribution in [0.25, 0.3) is 0 Å². The van der Waals surface area contributed by atoms with E-state index in [9.17, 15) is 9.59 Å². The summed E-state index contributed by atoms with van der Waals surface area (Å²) in [7, 11) is 1.65. The van der Waals surface area contributed by atoms with Gasteiger partial charge in [0.1, 0.15) is 0 Å². The number of carbonyl (C=O) groups is 2. The Kier molecular flexibility index (Phi) is 5.37. The fraction of sp³-hybridized carbons (Fsp3) is 0.632. The van der Waals surface area contributed by atoms with Gasteiger partial charge in [0.25, 0.3) is 5.91 Å². The van der Waals surface area contributed by atoms with Crippen LogP contribution in [0.1, 0.15) is 42.2 Å². The zero-order chi connectivity index (χ0) is 17.9. The van der Waals surface area contributed by atoms with E-state index >= 15 is 0 Å². The number of rotatable bonds is 5. The second kappa shape index (κ2) is 7.52. The van der Waals surface area contributed by atoms with Crippen LogP contribution in [0.4, 0.5) is 0 Å². The molecule has 0 aliphatic carbocycles. The summed E-state index contributed by atoms with van der Waals surface area (Å²) in [6, 6.07) is 3.63. The second-order valence-electron chi connectivity index (χ2n) is 7.03. The number of carbonyl (C=O) groups excluding carboxylic acids is 2. The number of amides is 2. The lowest BCUT2D eigenvalue weighted by molar-refractivity contribution is -0.146. The van der Waals surface area contributed by atoms with Crippen LogP contribution in [0.2, 0.25) is 0 Å². The molecular weight excluding hydrogens is 318 g/mol. The van der Waals surface area contributed by atoms with Gasteiger partial charge in [0.15, 0.2) is 0 Å². The minimum atomic E-state index is -0.401. The van der Waals surface area contributed by atoms with Crippen molar-refractivity contribution in [2.24, 2.45) is 5.41 Å². The molecule has 6 nitrogen and oxygen atoms in total. The predicted molar refractivity (Wildman–Crippen MR) is 94.3 cm³/mol. The molecule has 3 rings (SSSR count). The van der Waals surface area contributed by atoms with Crippen LogP contribution in [-0.2, 0) is 16.0 Å². The monoisotopic (exact) mass is 345 g/mol. The van der Waals surface area contributed by atoms with Gasteiger partial charge < -0.3 is 14.5 Å². The van der Waals surface area contributed by atoms with Gasteiger partial charge in [-0.25, -0.2) is 0 Å². The van der Waals surface area contributed by atoms with Crippen molar-refractivity contribution in [3.8, 4) is 0 Å². The lowest BCUT2D eigenvalue weighted by Gasteiger charge is -2.39. The van der Waals surface area contributed by atoms with Gasteiger partial charge in [-0.1, -0.05) is 6.92 Å². The second-order valence-corrected chi connectivity index (χ2v) is 7.03. The first-order valence-corrected chi connectivity index (χ1v) is 9.12. The van der Waals surface area contributed by atoms with Crippen LogP contribution in [0.5, 0.6) is 0 Å². The molecule has 6 heteroatoms. The number of piperidine rings is 1. The van der Waals surface area contributed by atoms with Crippen molar-refractivity contribution in [3.05, 3.63) is 29.6 Å². The van der Waals surface area contributed by atoms with Crippen LogP contribution in [0.15, 0.2) is 18.3 Å². The molecule has 0 bridgehead atoms. The summed E-state index contributed by atoms with van der Waals surface area (Å²) in [4.78, 5) is 33.8. The lowest BCUT2D eigenvalue weighted by Crippen LogP contribution is -2.51. The SMILES string of the molecule is CCc1cc(C(=O)N2CC[C@@]3(CCCN(CCOC)C3=O)C2)ccn1. The van der Waals surface area contributed by atoms with E-state index in [1.807, 2.05) is 22.8 Å². The lowest BCUT2D eigenvalue weighted by atomic mass is 9.78. The van der Waals surface area contributed by atoms with Crippen LogP contribution < -0.4 is 0 Å². The molecule has 3 heterocycles. The fourth-order valence-electron chi connectivity index (χ4n) is 3.98. The molecule has 136 valence electrons. The molecular formula is C19H27N3O3. The summed E-state index contributed by atoms with van der Waals surface area (Å²) in [6.07, 6.45) is 5.11. The van der Waals surface area contributed by atoms with Crippen molar-refractivity contribution in [3.63, 3.8) is 0 Å². The van der Waals surface area contributed by atoms with Crippen molar-refractivity contribution in [2.75, 3.05) is 39.9 Å². The smallest absolute Gasteiger partial charge is 0.254 e. The standard InChI is InChI=1S/C19H27N3O3/c1-3-16-13-15(5-8-20-16)17(23)22-10-7-19(14-22)6-4-9-21(18(19)24)11-12-25-2/h5,8,13H,3-4,6-7,9-12,14H2,1-2H3/t19-/m0/s1. The maximum atomic E-state index is 13.0. The van der Waals surface area contributed by atoms with Crippen molar-refractivity contribution in [1.82, 2.24) is 14.8 Å². The van der Waals surface area contributed by atoms with E-state index < -0.39 is 5.41 Å². The largest absolute Gasteiger partial charge is 0.383 e. The molecule has 25 heavy (non-hydrogen) atoms. The zero-order valence-electron chi connectivity index (χ0n) is 15.2. The topological polar surface area (TPSA) is 62.7 Å². The quantitative estimate of drug-likeness (QED) is 0.816. The minimum Gasteiger partial charge on any atom is -0.383 e. The molecule has 0 aromatic carbocycles. The normalized spacial score (nSPS) is 23.5. The number of ether oxygens (including phenoxy) is 1. The van der Waals surface area contributed by atoms with E-state index in [-0.39, 0.29) is 11.8 Å². The van der Waals surface area contributed by atoms with E-state index in [0.717, 1.165) is 37.9 Å². The molecule has 2 aliphatic heterocycles. The summed E-state index contributed by atoms with van der Waals surface area (Å²) >= 11 is 0. The highest BCUT2D eigenvalue weighted by Crippen LogP contribution is 2.40. The summed E-state index contributed by atoms with van der Waals surface area (Å²) < 4.78 is 5.12. The minimum absolute atomic E-state index is 0.00999. The van der Waals surface area contributed by atoms with Gasteiger partial charge in [-0.05, 0) is 37.8 Å². The summed E-state index contributed by atoms with van der Waals surface area (Å²) in [6.45, 7) is 5.18. The van der Waals surface area contributed by atoms with E-state index in [2.05, 4.69) is 4.98 Å². The number of methoxy groups -OCH3 is 1. The molecule has 0 radical (unpaired) electrons. The molecule has 0 unspecified atom stereocenters. The first-order valence-electron chi connectivity index (χ1n) is 9.12. The van der Waals surface area contributed by atoms with E-state index in [0.29, 0.717) is 31.8 Å². The molecule has 1 aromatic rings. The Balaban J connectivity index is 1.71. The number of hydrogen-bond acceptors (Lipinski definition) is 4. The van der Waals surface area contributed by atoms with Crippen molar-refractivity contribution < 1.29 is 14.3 Å². The average Bonchev–Trinajstić information content (AvgIpc) is 3.07. The highest BCUT2D eigenvalue weighted by Gasteiger charge is 2.49. The van der Waals surface area contributed by atoms with Gasteiger partial charge in [-0.15, -0.1) is 0 Å². The maximum Gasteiger partial charge on any atom is 0.254 e. The fourth-order valence-corrected chi connectivity index (χ4v) is 3.98. The molecule has 1 atom stereocenters. The highest BCUT2D eigenvalue weighted by atomic mass is 16.5. The van der Waals surface area contributed by atoms with Gasteiger partial charge in [0.05, 0.1) is 12.0 Å². The molecule has 2 fully saturated rings. The summed E-state index contributed by atoms with van der Waals surface area (Å²) in [5.74, 6) is 0.200. The third kappa shape index (κ3) is 3.54. The predicted octanol–water partition coefficient (Wildman–Crippen LogP) is 1.75. The van der Waals surface area contributed by atoms with Gasteiger partial charge >= 0.3 is 0 Å². The molecule has 2 aliphatic rings. The zero-order valence-corrected chi connectivity index (χ0v) is 15.2. The van der Waals surface area contributed by atoms with Crippen LogP contribution in [0.3, 0.4) is 0 Å². The maximum absolute atomic E-state index is 13.0. The molecule has 1 spiro atoms. The number of pyridine rings is 1. The first kappa shape index (κ1) is 17.9. The van der Waals surface area contributed by atoms with Crippen molar-refractivity contribution in [1.29, 1.82) is 0 Å². The summed E-state index contributed by atoms with van der Waals surface area (Å²) in [5.41, 5.74) is 1.19. The number of hydrogen-bond donors (Lipinski definition) is 0. The number of aromatic nitrogens is 1. The Morgan fingerprint density at radius 3 is 2.96 bits per heavy atom. The summed E-state index contributed by atoms with van der Waals surface area (Å²) in [5, 5.41) is 0. The van der Waals surface area contributed by atoms with Crippen LogP contribution in [0, 0.1) is 5.41 Å². The van der Waals surface area contributed by atoms with Crippen molar-refractivity contribution in [2.45, 2.75) is 32.6 Å². The van der Waals surface area contributed by atoms with E-state index in [4.69, 9.17) is 4.74 Å². The Morgan fingerprint density at radius 2 is 2.20 bits per heavy atom. The van der Waals surface area contributed by atoms with E-state index in [1.54, 1.807) is 19.4 Å². The number of nitrogens with zero attached hydrogens (tertiary/aromatic N) is 3. The van der Waals surface area contributed by atoms with Crippen LogP contribution >= 0.6 is 0 Å². The van der Waals surface area contributed by atoms with Gasteiger partial charge in [0, 0.05) is 50.7 Å². The molecule has 0 N–H and O–H groups in total. The van der Waals surface area contributed by atoms with Gasteiger partial charge in [-0.3, -0.25) is 14.6 Å². The molecule has 2 amide bonds. The molecule has 2 saturated heterocycles. The third-order valence-corrected chi connectivity index (χ3v) is 5.46. The van der Waals surface area contributed by atoms with Gasteiger partial charge in [0.2, 0.25) is 5.91 Å². The Bertz CT molecular complexity index is 649. The average molecular weight is 345 g/mol. The van der Waals surface area contributed by atoms with Gasteiger partial charge in [-0.2, -0.15) is 0 Å². The van der Waals surface area contributed by atoms with Crippen LogP contribution in [-0.4, -0.2) is 66.5 Å². The number of likely N-dealkylation sites (tertiary alicyclic amines) is 2. The van der Waals surface area contributed by atoms with Crippen molar-refractivity contribution >= 4 is 11.8 Å². The highest BCUT2D eigenvalue weighted by molar-refractivity contribution is 5.95. The first-order chi connectivity index (χ1) is 12.1. The molecule has 0 saturated carbocycles.